The van der Waals surface area contributed by atoms with Gasteiger partial charge in [-0.3, -0.25) is 9.78 Å². The zero-order valence-corrected chi connectivity index (χ0v) is 12.3. The molecule has 0 aliphatic heterocycles. The van der Waals surface area contributed by atoms with E-state index in [2.05, 4.69) is 35.4 Å². The van der Waals surface area contributed by atoms with Crippen molar-refractivity contribution >= 4 is 17.7 Å². The van der Waals surface area contributed by atoms with Gasteiger partial charge >= 0.3 is 0 Å². The molecule has 1 aromatic carbocycles. The van der Waals surface area contributed by atoms with Gasteiger partial charge in [0.1, 0.15) is 0 Å². The summed E-state index contributed by atoms with van der Waals surface area (Å²) in [5, 5.41) is 2.90. The van der Waals surface area contributed by atoms with Crippen LogP contribution >= 0.6 is 11.8 Å². The lowest BCUT2D eigenvalue weighted by atomic mass is 10.2. The lowest BCUT2D eigenvalue weighted by Gasteiger charge is -2.05. The van der Waals surface area contributed by atoms with E-state index in [1.54, 1.807) is 24.2 Å². The maximum Gasteiger partial charge on any atom is 0.230 e. The van der Waals surface area contributed by atoms with Gasteiger partial charge in [-0.25, -0.2) is 0 Å². The number of nitrogens with one attached hydrogen (secondary N) is 1. The number of nitrogens with zero attached hydrogens (tertiary/aromatic N) is 1. The minimum atomic E-state index is 0.0616. The van der Waals surface area contributed by atoms with Crippen LogP contribution in [-0.2, 0) is 17.1 Å². The first-order valence-corrected chi connectivity index (χ1v) is 7.68. The van der Waals surface area contributed by atoms with E-state index in [0.717, 1.165) is 11.3 Å². The normalized spacial score (nSPS) is 10.2. The van der Waals surface area contributed by atoms with E-state index in [0.29, 0.717) is 12.3 Å². The fraction of sp³-hybridized carbons (Fsp3) is 0.250. The van der Waals surface area contributed by atoms with E-state index in [4.69, 9.17) is 0 Å². The Morgan fingerprint density at radius 2 is 2.10 bits per heavy atom. The standard InChI is InChI=1S/C16H18N2OS/c1-13-4-2-5-14(8-13)11-20-12-16(19)18-10-15-6-3-7-17-9-15/h2-9H,10-12H2,1H3,(H,18,19). The van der Waals surface area contributed by atoms with E-state index in [1.807, 2.05) is 18.2 Å². The number of benzene rings is 1. The predicted octanol–water partition coefficient (Wildman–Crippen LogP) is 2.94. The number of thioether (sulfide) groups is 1. The van der Waals surface area contributed by atoms with Gasteiger partial charge in [-0.1, -0.05) is 35.9 Å². The molecule has 1 heterocycles. The third-order valence-corrected chi connectivity index (χ3v) is 3.80. The van der Waals surface area contributed by atoms with Crippen molar-refractivity contribution in [2.75, 3.05) is 5.75 Å². The summed E-state index contributed by atoms with van der Waals surface area (Å²) in [6.45, 7) is 2.62. The van der Waals surface area contributed by atoms with Crippen molar-refractivity contribution in [3.05, 3.63) is 65.5 Å². The largest absolute Gasteiger partial charge is 0.351 e. The number of aryl methyl sites for hydroxylation is 1. The molecular weight excluding hydrogens is 268 g/mol. The SMILES string of the molecule is Cc1cccc(CSCC(=O)NCc2cccnc2)c1. The van der Waals surface area contributed by atoms with Gasteiger partial charge in [-0.05, 0) is 24.1 Å². The molecule has 1 amide bonds. The molecule has 0 radical (unpaired) electrons. The smallest absolute Gasteiger partial charge is 0.230 e. The van der Waals surface area contributed by atoms with Gasteiger partial charge in [0.2, 0.25) is 5.91 Å². The lowest BCUT2D eigenvalue weighted by molar-refractivity contribution is -0.118. The molecule has 4 heteroatoms. The van der Waals surface area contributed by atoms with Crippen LogP contribution < -0.4 is 5.32 Å². The molecule has 0 bridgehead atoms. The second kappa shape index (κ2) is 7.70. The predicted molar refractivity (Wildman–Crippen MR) is 83.4 cm³/mol. The number of hydrogen-bond donors (Lipinski definition) is 1. The van der Waals surface area contributed by atoms with Gasteiger partial charge in [0.25, 0.3) is 0 Å². The van der Waals surface area contributed by atoms with Crippen LogP contribution in [0.4, 0.5) is 0 Å². The topological polar surface area (TPSA) is 42.0 Å². The highest BCUT2D eigenvalue weighted by atomic mass is 32.2. The summed E-state index contributed by atoms with van der Waals surface area (Å²) in [5.74, 6) is 1.41. The first-order valence-electron chi connectivity index (χ1n) is 6.53. The summed E-state index contributed by atoms with van der Waals surface area (Å²) >= 11 is 1.63. The molecule has 2 rings (SSSR count). The Morgan fingerprint density at radius 3 is 2.85 bits per heavy atom. The second-order valence-corrected chi connectivity index (χ2v) is 5.61. The first-order chi connectivity index (χ1) is 9.74. The highest BCUT2D eigenvalue weighted by Gasteiger charge is 2.02. The van der Waals surface area contributed by atoms with Crippen LogP contribution in [-0.4, -0.2) is 16.6 Å². The van der Waals surface area contributed by atoms with Crippen LogP contribution in [0.25, 0.3) is 0 Å². The van der Waals surface area contributed by atoms with Crippen molar-refractivity contribution in [3.63, 3.8) is 0 Å². The van der Waals surface area contributed by atoms with Crippen molar-refractivity contribution in [2.45, 2.75) is 19.2 Å². The van der Waals surface area contributed by atoms with Crippen LogP contribution in [0.3, 0.4) is 0 Å². The number of carbonyl (C=O) groups excluding carboxylic acids is 1. The van der Waals surface area contributed by atoms with Crippen LogP contribution in [0.2, 0.25) is 0 Å². The number of carbonyl (C=O) groups is 1. The van der Waals surface area contributed by atoms with Gasteiger partial charge < -0.3 is 5.32 Å². The summed E-state index contributed by atoms with van der Waals surface area (Å²) in [5.41, 5.74) is 3.53. The average molecular weight is 286 g/mol. The minimum absolute atomic E-state index is 0.0616. The fourth-order valence-electron chi connectivity index (χ4n) is 1.82. The molecule has 0 fully saturated rings. The quantitative estimate of drug-likeness (QED) is 0.887. The average Bonchev–Trinajstić information content (AvgIpc) is 2.46. The Kier molecular flexibility index (Phi) is 5.62. The molecule has 1 N–H and O–H groups in total. The Bertz CT molecular complexity index is 557. The Balaban J connectivity index is 1.68. The van der Waals surface area contributed by atoms with Gasteiger partial charge in [0.05, 0.1) is 5.75 Å². The zero-order chi connectivity index (χ0) is 14.2. The Morgan fingerprint density at radius 1 is 1.25 bits per heavy atom. The first kappa shape index (κ1) is 14.6. The van der Waals surface area contributed by atoms with E-state index in [-0.39, 0.29) is 5.91 Å². The number of rotatable bonds is 6. The molecule has 0 saturated heterocycles. The number of aromatic nitrogens is 1. The number of amides is 1. The van der Waals surface area contributed by atoms with Crippen LogP contribution in [0.1, 0.15) is 16.7 Å². The minimum Gasteiger partial charge on any atom is -0.351 e. The second-order valence-electron chi connectivity index (χ2n) is 4.62. The number of hydrogen-bond acceptors (Lipinski definition) is 3. The maximum absolute atomic E-state index is 11.7. The van der Waals surface area contributed by atoms with Crippen LogP contribution in [0.15, 0.2) is 48.8 Å². The van der Waals surface area contributed by atoms with Gasteiger partial charge in [0.15, 0.2) is 0 Å². The van der Waals surface area contributed by atoms with E-state index in [9.17, 15) is 4.79 Å². The summed E-state index contributed by atoms with van der Waals surface area (Å²) in [7, 11) is 0. The summed E-state index contributed by atoms with van der Waals surface area (Å²) in [4.78, 5) is 15.7. The van der Waals surface area contributed by atoms with Gasteiger partial charge in [-0.2, -0.15) is 0 Å². The number of pyridine rings is 1. The molecule has 3 nitrogen and oxygen atoms in total. The van der Waals surface area contributed by atoms with E-state index in [1.165, 1.54) is 11.1 Å². The summed E-state index contributed by atoms with van der Waals surface area (Å²) in [6, 6.07) is 12.2. The van der Waals surface area contributed by atoms with Crippen molar-refractivity contribution in [2.24, 2.45) is 0 Å². The van der Waals surface area contributed by atoms with E-state index >= 15 is 0 Å². The van der Waals surface area contributed by atoms with Crippen molar-refractivity contribution < 1.29 is 4.79 Å². The molecule has 0 unspecified atom stereocenters. The molecule has 0 spiro atoms. The van der Waals surface area contributed by atoms with Crippen molar-refractivity contribution in [1.29, 1.82) is 0 Å². The van der Waals surface area contributed by atoms with Crippen LogP contribution in [0, 0.1) is 6.92 Å². The van der Waals surface area contributed by atoms with Gasteiger partial charge in [-0.15, -0.1) is 11.8 Å². The van der Waals surface area contributed by atoms with Crippen molar-refractivity contribution in [1.82, 2.24) is 10.3 Å². The Labute approximate surface area is 123 Å². The summed E-state index contributed by atoms with van der Waals surface area (Å²) < 4.78 is 0. The molecule has 2 aromatic rings. The highest BCUT2D eigenvalue weighted by Crippen LogP contribution is 2.13. The third kappa shape index (κ3) is 5.05. The third-order valence-electron chi connectivity index (χ3n) is 2.80. The fourth-order valence-corrected chi connectivity index (χ4v) is 2.62. The van der Waals surface area contributed by atoms with Gasteiger partial charge in [0, 0.05) is 24.7 Å². The molecule has 104 valence electrons. The molecule has 0 saturated carbocycles. The molecule has 0 aliphatic carbocycles. The summed E-state index contributed by atoms with van der Waals surface area (Å²) in [6.07, 6.45) is 3.49. The molecule has 20 heavy (non-hydrogen) atoms. The molecular formula is C16H18N2OS. The monoisotopic (exact) mass is 286 g/mol. The highest BCUT2D eigenvalue weighted by molar-refractivity contribution is 7.99. The maximum atomic E-state index is 11.7. The molecule has 0 atom stereocenters. The zero-order valence-electron chi connectivity index (χ0n) is 11.5. The Hall–Kier alpha value is -1.81. The van der Waals surface area contributed by atoms with E-state index < -0.39 is 0 Å². The lowest BCUT2D eigenvalue weighted by Crippen LogP contribution is -2.24. The van der Waals surface area contributed by atoms with Crippen molar-refractivity contribution in [3.8, 4) is 0 Å². The van der Waals surface area contributed by atoms with Crippen LogP contribution in [0.5, 0.6) is 0 Å². The molecule has 1 aromatic heterocycles. The molecule has 0 aliphatic rings.